The SMILES string of the molecule is c1ccc(-c2ccc(N(c3cccc(-c4ccccc4)c3)c3cc(-c4nc5ccccc5o4)cc4c3oc3ccccc34)cc2)cc1. The summed E-state index contributed by atoms with van der Waals surface area (Å²) in [6.07, 6.45) is 0. The number of para-hydroxylation sites is 3. The molecule has 0 fully saturated rings. The van der Waals surface area contributed by atoms with Gasteiger partial charge in [0.25, 0.3) is 0 Å². The Morgan fingerprint density at radius 3 is 1.81 bits per heavy atom. The van der Waals surface area contributed by atoms with Crippen LogP contribution in [0.1, 0.15) is 0 Å². The second-order valence-corrected chi connectivity index (χ2v) is 11.6. The van der Waals surface area contributed by atoms with Crippen LogP contribution in [0.4, 0.5) is 17.1 Å². The second kappa shape index (κ2) is 11.2. The fraction of sp³-hybridized carbons (Fsp3) is 0. The highest BCUT2D eigenvalue weighted by molar-refractivity contribution is 6.12. The lowest BCUT2D eigenvalue weighted by Gasteiger charge is -2.26. The van der Waals surface area contributed by atoms with Crippen LogP contribution < -0.4 is 4.90 Å². The molecule has 0 unspecified atom stereocenters. The minimum Gasteiger partial charge on any atom is -0.454 e. The Balaban J connectivity index is 1.30. The summed E-state index contributed by atoms with van der Waals surface area (Å²) in [5, 5.41) is 2.04. The number of hydrogen-bond donors (Lipinski definition) is 0. The number of fused-ring (bicyclic) bond motifs is 4. The molecular formula is C43H28N2O2. The summed E-state index contributed by atoms with van der Waals surface area (Å²) in [6, 6.07) is 58.6. The van der Waals surface area contributed by atoms with Gasteiger partial charge in [-0.2, -0.15) is 0 Å². The second-order valence-electron chi connectivity index (χ2n) is 11.6. The predicted octanol–water partition coefficient (Wildman–Crippen LogP) is 12.2. The smallest absolute Gasteiger partial charge is 0.227 e. The largest absolute Gasteiger partial charge is 0.454 e. The lowest BCUT2D eigenvalue weighted by atomic mass is 10.0. The van der Waals surface area contributed by atoms with Gasteiger partial charge in [-0.25, -0.2) is 4.98 Å². The number of hydrogen-bond acceptors (Lipinski definition) is 4. The number of benzene rings is 7. The quantitative estimate of drug-likeness (QED) is 0.189. The molecule has 0 saturated heterocycles. The lowest BCUT2D eigenvalue weighted by Crippen LogP contribution is -2.10. The topological polar surface area (TPSA) is 42.4 Å². The van der Waals surface area contributed by atoms with Gasteiger partial charge in [0.2, 0.25) is 5.89 Å². The molecule has 0 bridgehead atoms. The minimum atomic E-state index is 0.567. The maximum Gasteiger partial charge on any atom is 0.227 e. The van der Waals surface area contributed by atoms with Crippen LogP contribution in [-0.4, -0.2) is 4.98 Å². The van der Waals surface area contributed by atoms with E-state index in [1.54, 1.807) is 0 Å². The summed E-state index contributed by atoms with van der Waals surface area (Å²) >= 11 is 0. The van der Waals surface area contributed by atoms with Crippen LogP contribution in [-0.2, 0) is 0 Å². The summed E-state index contributed by atoms with van der Waals surface area (Å²) in [4.78, 5) is 7.16. The Kier molecular flexibility index (Phi) is 6.43. The number of aromatic nitrogens is 1. The number of anilines is 3. The Hall–Kier alpha value is -6.39. The third-order valence-corrected chi connectivity index (χ3v) is 8.68. The minimum absolute atomic E-state index is 0.567. The van der Waals surface area contributed by atoms with E-state index in [-0.39, 0.29) is 0 Å². The van der Waals surface area contributed by atoms with E-state index in [1.807, 2.05) is 54.6 Å². The van der Waals surface area contributed by atoms with Gasteiger partial charge in [-0.15, -0.1) is 0 Å². The van der Waals surface area contributed by atoms with E-state index < -0.39 is 0 Å². The van der Waals surface area contributed by atoms with Gasteiger partial charge in [0.05, 0.1) is 5.69 Å². The molecule has 222 valence electrons. The monoisotopic (exact) mass is 604 g/mol. The predicted molar refractivity (Wildman–Crippen MR) is 192 cm³/mol. The molecule has 4 nitrogen and oxygen atoms in total. The molecule has 0 radical (unpaired) electrons. The van der Waals surface area contributed by atoms with E-state index in [0.29, 0.717) is 5.89 Å². The normalized spacial score (nSPS) is 11.4. The van der Waals surface area contributed by atoms with Crippen LogP contribution in [0.25, 0.3) is 66.7 Å². The van der Waals surface area contributed by atoms with Crippen molar-refractivity contribution < 1.29 is 8.83 Å². The maximum absolute atomic E-state index is 6.67. The fourth-order valence-electron chi connectivity index (χ4n) is 6.41. The van der Waals surface area contributed by atoms with Crippen molar-refractivity contribution in [2.24, 2.45) is 0 Å². The zero-order valence-corrected chi connectivity index (χ0v) is 25.4. The Bertz CT molecular complexity index is 2480. The van der Waals surface area contributed by atoms with Crippen molar-refractivity contribution in [1.29, 1.82) is 0 Å². The average molecular weight is 605 g/mol. The van der Waals surface area contributed by atoms with E-state index in [4.69, 9.17) is 13.8 Å². The van der Waals surface area contributed by atoms with Crippen molar-refractivity contribution in [1.82, 2.24) is 4.98 Å². The molecular weight excluding hydrogens is 576 g/mol. The molecule has 2 aromatic heterocycles. The van der Waals surface area contributed by atoms with Crippen molar-refractivity contribution in [3.05, 3.63) is 170 Å². The van der Waals surface area contributed by atoms with Crippen LogP contribution in [0.15, 0.2) is 179 Å². The molecule has 9 aromatic rings. The summed E-state index contributed by atoms with van der Waals surface area (Å²) < 4.78 is 13.0. The first kappa shape index (κ1) is 27.0. The lowest BCUT2D eigenvalue weighted by molar-refractivity contribution is 0.620. The van der Waals surface area contributed by atoms with Gasteiger partial charge in [0, 0.05) is 27.7 Å². The summed E-state index contributed by atoms with van der Waals surface area (Å²) in [5.41, 5.74) is 11.6. The van der Waals surface area contributed by atoms with E-state index in [2.05, 4.69) is 120 Å². The Morgan fingerprint density at radius 2 is 1.04 bits per heavy atom. The van der Waals surface area contributed by atoms with Gasteiger partial charge in [0.1, 0.15) is 11.1 Å². The maximum atomic E-state index is 6.67. The molecule has 0 amide bonds. The standard InChI is InChI=1S/C43H28N2O2/c1-3-12-29(13-4-1)31-22-24-34(25-23-31)45(35-17-11-16-32(26-35)30-14-5-2-6-15-30)39-28-33(43-44-38-19-8-10-21-41(38)47-43)27-37-36-18-7-9-20-40(36)46-42(37)39/h1-28H. The Morgan fingerprint density at radius 1 is 0.404 bits per heavy atom. The molecule has 9 rings (SSSR count). The molecule has 47 heavy (non-hydrogen) atoms. The van der Waals surface area contributed by atoms with Crippen molar-refractivity contribution in [3.63, 3.8) is 0 Å². The molecule has 0 aliphatic carbocycles. The first-order valence-corrected chi connectivity index (χ1v) is 15.7. The van der Waals surface area contributed by atoms with Crippen LogP contribution in [0.3, 0.4) is 0 Å². The van der Waals surface area contributed by atoms with Gasteiger partial charge in [-0.3, -0.25) is 0 Å². The van der Waals surface area contributed by atoms with Gasteiger partial charge < -0.3 is 13.7 Å². The number of nitrogens with zero attached hydrogens (tertiary/aromatic N) is 2. The van der Waals surface area contributed by atoms with Crippen LogP contribution >= 0.6 is 0 Å². The van der Waals surface area contributed by atoms with Gasteiger partial charge in [-0.05, 0) is 76.9 Å². The highest BCUT2D eigenvalue weighted by atomic mass is 16.3. The molecule has 0 aliphatic heterocycles. The van der Waals surface area contributed by atoms with Crippen molar-refractivity contribution in [2.45, 2.75) is 0 Å². The Labute approximate surface area is 271 Å². The van der Waals surface area contributed by atoms with Crippen molar-refractivity contribution in [2.75, 3.05) is 4.90 Å². The van der Waals surface area contributed by atoms with E-state index >= 15 is 0 Å². The summed E-state index contributed by atoms with van der Waals surface area (Å²) in [7, 11) is 0. The number of furan rings is 1. The first-order chi connectivity index (χ1) is 23.3. The third kappa shape index (κ3) is 4.84. The third-order valence-electron chi connectivity index (χ3n) is 8.68. The van der Waals surface area contributed by atoms with Crippen LogP contribution in [0.2, 0.25) is 0 Å². The molecule has 0 saturated carbocycles. The molecule has 0 atom stereocenters. The van der Waals surface area contributed by atoms with Gasteiger partial charge in [-0.1, -0.05) is 115 Å². The van der Waals surface area contributed by atoms with E-state index in [1.165, 1.54) is 5.56 Å². The van der Waals surface area contributed by atoms with Crippen molar-refractivity contribution in [3.8, 4) is 33.7 Å². The zero-order valence-electron chi connectivity index (χ0n) is 25.4. The highest BCUT2D eigenvalue weighted by Crippen LogP contribution is 2.45. The van der Waals surface area contributed by atoms with E-state index in [9.17, 15) is 0 Å². The summed E-state index contributed by atoms with van der Waals surface area (Å²) in [5.74, 6) is 0.567. The molecule has 0 aliphatic rings. The number of oxazole rings is 1. The molecule has 0 spiro atoms. The zero-order chi connectivity index (χ0) is 31.2. The molecule has 0 N–H and O–H groups in total. The molecule has 2 heterocycles. The van der Waals surface area contributed by atoms with Crippen LogP contribution in [0, 0.1) is 0 Å². The fourth-order valence-corrected chi connectivity index (χ4v) is 6.41. The van der Waals surface area contributed by atoms with E-state index in [0.717, 1.165) is 72.4 Å². The van der Waals surface area contributed by atoms with Gasteiger partial charge in [0.15, 0.2) is 11.2 Å². The summed E-state index contributed by atoms with van der Waals surface area (Å²) in [6.45, 7) is 0. The molecule has 7 aromatic carbocycles. The number of rotatable bonds is 6. The molecule has 4 heteroatoms. The first-order valence-electron chi connectivity index (χ1n) is 15.7. The highest BCUT2D eigenvalue weighted by Gasteiger charge is 2.23. The van der Waals surface area contributed by atoms with Gasteiger partial charge >= 0.3 is 0 Å². The van der Waals surface area contributed by atoms with Crippen LogP contribution in [0.5, 0.6) is 0 Å². The average Bonchev–Trinajstić information content (AvgIpc) is 3.75. The van der Waals surface area contributed by atoms with Crippen molar-refractivity contribution >= 4 is 50.1 Å².